The number of amides is 1. The molecular weight excluding hydrogens is 238 g/mol. The SMILES string of the molecule is CCc1cc(C#CCCO)ccc1NC(=O)C1CC1. The van der Waals surface area contributed by atoms with Gasteiger partial charge in [0, 0.05) is 23.6 Å². The van der Waals surface area contributed by atoms with Crippen LogP contribution in [0.2, 0.25) is 0 Å². The molecule has 1 amide bonds. The second kappa shape index (κ2) is 6.40. The molecule has 100 valence electrons. The predicted molar refractivity (Wildman–Crippen MR) is 75.8 cm³/mol. The molecule has 0 aromatic heterocycles. The van der Waals surface area contributed by atoms with Crippen LogP contribution in [0.1, 0.15) is 37.3 Å². The highest BCUT2D eigenvalue weighted by Crippen LogP contribution is 2.30. The van der Waals surface area contributed by atoms with E-state index >= 15 is 0 Å². The number of aliphatic hydroxyl groups is 1. The van der Waals surface area contributed by atoms with Gasteiger partial charge in [0.05, 0.1) is 6.61 Å². The third-order valence-corrected chi connectivity index (χ3v) is 3.16. The summed E-state index contributed by atoms with van der Waals surface area (Å²) < 4.78 is 0. The van der Waals surface area contributed by atoms with Gasteiger partial charge in [-0.3, -0.25) is 4.79 Å². The van der Waals surface area contributed by atoms with Crippen molar-refractivity contribution in [2.75, 3.05) is 11.9 Å². The van der Waals surface area contributed by atoms with Gasteiger partial charge in [-0.05, 0) is 43.0 Å². The van der Waals surface area contributed by atoms with Crippen LogP contribution in [0.5, 0.6) is 0 Å². The maximum atomic E-state index is 11.8. The van der Waals surface area contributed by atoms with Gasteiger partial charge in [0.2, 0.25) is 5.91 Å². The average Bonchev–Trinajstić information content (AvgIpc) is 3.25. The van der Waals surface area contributed by atoms with E-state index in [2.05, 4.69) is 24.1 Å². The second-order valence-electron chi connectivity index (χ2n) is 4.76. The van der Waals surface area contributed by atoms with Crippen LogP contribution in [0.15, 0.2) is 18.2 Å². The summed E-state index contributed by atoms with van der Waals surface area (Å²) in [4.78, 5) is 11.8. The Morgan fingerprint density at radius 3 is 2.89 bits per heavy atom. The van der Waals surface area contributed by atoms with Gasteiger partial charge in [0.1, 0.15) is 0 Å². The van der Waals surface area contributed by atoms with Crippen molar-refractivity contribution in [3.05, 3.63) is 29.3 Å². The highest BCUT2D eigenvalue weighted by molar-refractivity contribution is 5.94. The lowest BCUT2D eigenvalue weighted by Gasteiger charge is -2.10. The molecule has 1 aliphatic carbocycles. The molecule has 0 bridgehead atoms. The van der Waals surface area contributed by atoms with E-state index in [1.54, 1.807) is 0 Å². The fraction of sp³-hybridized carbons (Fsp3) is 0.438. The van der Waals surface area contributed by atoms with Crippen LogP contribution in [0.4, 0.5) is 5.69 Å². The lowest BCUT2D eigenvalue weighted by molar-refractivity contribution is -0.117. The largest absolute Gasteiger partial charge is 0.395 e. The first-order valence-electron chi connectivity index (χ1n) is 6.78. The Hall–Kier alpha value is -1.79. The Kier molecular flexibility index (Phi) is 4.59. The van der Waals surface area contributed by atoms with Gasteiger partial charge in [0.25, 0.3) is 0 Å². The van der Waals surface area contributed by atoms with Gasteiger partial charge < -0.3 is 10.4 Å². The third-order valence-electron chi connectivity index (χ3n) is 3.16. The van der Waals surface area contributed by atoms with E-state index in [9.17, 15) is 4.79 Å². The number of aryl methyl sites for hydroxylation is 1. The minimum absolute atomic E-state index is 0.0865. The van der Waals surface area contributed by atoms with Gasteiger partial charge in [-0.15, -0.1) is 0 Å². The first-order valence-corrected chi connectivity index (χ1v) is 6.78. The van der Waals surface area contributed by atoms with E-state index in [4.69, 9.17) is 5.11 Å². The van der Waals surface area contributed by atoms with E-state index in [0.717, 1.165) is 36.1 Å². The summed E-state index contributed by atoms with van der Waals surface area (Å²) in [6, 6.07) is 5.83. The summed E-state index contributed by atoms with van der Waals surface area (Å²) in [6.45, 7) is 2.15. The number of rotatable bonds is 4. The van der Waals surface area contributed by atoms with Crippen molar-refractivity contribution in [3.63, 3.8) is 0 Å². The summed E-state index contributed by atoms with van der Waals surface area (Å²) in [5.74, 6) is 6.27. The fourth-order valence-corrected chi connectivity index (χ4v) is 1.89. The van der Waals surface area contributed by atoms with Crippen LogP contribution in [-0.2, 0) is 11.2 Å². The molecule has 0 spiro atoms. The van der Waals surface area contributed by atoms with Crippen molar-refractivity contribution in [2.45, 2.75) is 32.6 Å². The quantitative estimate of drug-likeness (QED) is 0.813. The van der Waals surface area contributed by atoms with E-state index < -0.39 is 0 Å². The molecule has 3 heteroatoms. The topological polar surface area (TPSA) is 49.3 Å². The molecular formula is C16H19NO2. The molecule has 1 fully saturated rings. The minimum atomic E-state index is 0.0865. The number of benzene rings is 1. The molecule has 1 saturated carbocycles. The number of anilines is 1. The summed E-state index contributed by atoms with van der Waals surface area (Å²) in [5, 5.41) is 11.7. The Balaban J connectivity index is 2.11. The van der Waals surface area contributed by atoms with E-state index in [1.807, 2.05) is 18.2 Å². The molecule has 2 N–H and O–H groups in total. The molecule has 3 nitrogen and oxygen atoms in total. The predicted octanol–water partition coefficient (Wildman–Crippen LogP) is 2.33. The van der Waals surface area contributed by atoms with Crippen LogP contribution in [0, 0.1) is 17.8 Å². The average molecular weight is 257 g/mol. The molecule has 0 saturated heterocycles. The molecule has 0 heterocycles. The smallest absolute Gasteiger partial charge is 0.227 e. The zero-order chi connectivity index (χ0) is 13.7. The Morgan fingerprint density at radius 1 is 1.47 bits per heavy atom. The Bertz CT molecular complexity index is 521. The first-order chi connectivity index (χ1) is 9.24. The first kappa shape index (κ1) is 13.6. The van der Waals surface area contributed by atoms with Crippen LogP contribution in [0.3, 0.4) is 0 Å². The maximum Gasteiger partial charge on any atom is 0.227 e. The van der Waals surface area contributed by atoms with Crippen molar-refractivity contribution in [1.82, 2.24) is 0 Å². The Labute approximate surface area is 114 Å². The number of carbonyl (C=O) groups excluding carboxylic acids is 1. The molecule has 19 heavy (non-hydrogen) atoms. The number of carbonyl (C=O) groups is 1. The fourth-order valence-electron chi connectivity index (χ4n) is 1.89. The molecule has 1 aromatic carbocycles. The lowest BCUT2D eigenvalue weighted by atomic mass is 10.1. The minimum Gasteiger partial charge on any atom is -0.395 e. The van der Waals surface area contributed by atoms with Gasteiger partial charge in [-0.25, -0.2) is 0 Å². The van der Waals surface area contributed by atoms with Crippen molar-refractivity contribution < 1.29 is 9.90 Å². The van der Waals surface area contributed by atoms with Gasteiger partial charge in [-0.1, -0.05) is 18.8 Å². The monoisotopic (exact) mass is 257 g/mol. The second-order valence-corrected chi connectivity index (χ2v) is 4.76. The van der Waals surface area contributed by atoms with Crippen molar-refractivity contribution in [1.29, 1.82) is 0 Å². The van der Waals surface area contributed by atoms with Gasteiger partial charge in [-0.2, -0.15) is 0 Å². The molecule has 2 rings (SSSR count). The van der Waals surface area contributed by atoms with E-state index in [-0.39, 0.29) is 18.4 Å². The summed E-state index contributed by atoms with van der Waals surface area (Å²) in [7, 11) is 0. The van der Waals surface area contributed by atoms with Crippen molar-refractivity contribution >= 4 is 11.6 Å². The van der Waals surface area contributed by atoms with Crippen LogP contribution in [0.25, 0.3) is 0 Å². The molecule has 1 aliphatic rings. The van der Waals surface area contributed by atoms with Crippen molar-refractivity contribution in [3.8, 4) is 11.8 Å². The van der Waals surface area contributed by atoms with Crippen LogP contribution in [-0.4, -0.2) is 17.6 Å². The maximum absolute atomic E-state index is 11.8. The number of hydrogen-bond donors (Lipinski definition) is 2. The third kappa shape index (κ3) is 3.84. The molecule has 0 unspecified atom stereocenters. The summed E-state index contributed by atoms with van der Waals surface area (Å²) in [5.41, 5.74) is 2.92. The van der Waals surface area contributed by atoms with E-state index in [0.29, 0.717) is 6.42 Å². The molecule has 0 atom stereocenters. The lowest BCUT2D eigenvalue weighted by Crippen LogP contribution is -2.14. The Morgan fingerprint density at radius 2 is 2.26 bits per heavy atom. The zero-order valence-electron chi connectivity index (χ0n) is 11.2. The number of aliphatic hydroxyl groups excluding tert-OH is 1. The molecule has 1 aromatic rings. The van der Waals surface area contributed by atoms with Gasteiger partial charge >= 0.3 is 0 Å². The van der Waals surface area contributed by atoms with E-state index in [1.165, 1.54) is 0 Å². The summed E-state index contributed by atoms with van der Waals surface area (Å²) >= 11 is 0. The summed E-state index contributed by atoms with van der Waals surface area (Å²) in [6.07, 6.45) is 3.37. The van der Waals surface area contributed by atoms with Crippen molar-refractivity contribution in [2.24, 2.45) is 5.92 Å². The highest BCUT2D eigenvalue weighted by Gasteiger charge is 2.29. The van der Waals surface area contributed by atoms with Crippen LogP contribution >= 0.6 is 0 Å². The standard InChI is InChI=1S/C16H19NO2/c1-2-13-11-12(5-3-4-10-18)6-9-15(13)17-16(19)14-7-8-14/h6,9,11,14,18H,2,4,7-8,10H2,1H3,(H,17,19). The van der Waals surface area contributed by atoms with Gasteiger partial charge in [0.15, 0.2) is 0 Å². The highest BCUT2D eigenvalue weighted by atomic mass is 16.2. The molecule has 0 radical (unpaired) electrons. The number of hydrogen-bond acceptors (Lipinski definition) is 2. The zero-order valence-corrected chi connectivity index (χ0v) is 11.2. The number of nitrogens with one attached hydrogen (secondary N) is 1. The molecule has 0 aliphatic heterocycles. The normalized spacial score (nSPS) is 13.6. The van der Waals surface area contributed by atoms with Crippen LogP contribution < -0.4 is 5.32 Å².